The van der Waals surface area contributed by atoms with Gasteiger partial charge < -0.3 is 15.3 Å². The average Bonchev–Trinajstić information content (AvgIpc) is 3.13. The van der Waals surface area contributed by atoms with Crippen molar-refractivity contribution in [3.8, 4) is 0 Å². The quantitative estimate of drug-likeness (QED) is 0.836. The first-order valence-electron chi connectivity index (χ1n) is 8.58. The van der Waals surface area contributed by atoms with Gasteiger partial charge in [0.1, 0.15) is 0 Å². The second-order valence-corrected chi connectivity index (χ2v) is 8.24. The van der Waals surface area contributed by atoms with Gasteiger partial charge in [0.25, 0.3) is 5.91 Å². The van der Waals surface area contributed by atoms with E-state index in [1.807, 2.05) is 25.1 Å². The Morgan fingerprint density at radius 1 is 1.35 bits per heavy atom. The number of thiazole rings is 1. The number of aliphatic carboxylic acids is 1. The number of amides is 2. The second kappa shape index (κ2) is 6.05. The van der Waals surface area contributed by atoms with Gasteiger partial charge in [0.15, 0.2) is 0 Å². The third kappa shape index (κ3) is 2.74. The van der Waals surface area contributed by atoms with Crippen molar-refractivity contribution in [3.63, 3.8) is 0 Å². The monoisotopic (exact) mass is 373 g/mol. The first kappa shape index (κ1) is 17.0. The molecule has 0 unspecified atom stereocenters. The number of aromatic nitrogens is 1. The minimum Gasteiger partial charge on any atom is -0.481 e. The lowest BCUT2D eigenvalue weighted by atomic mass is 9.77. The number of rotatable bonds is 2. The average molecular weight is 373 g/mol. The predicted molar refractivity (Wildman–Crippen MR) is 96.1 cm³/mol. The Bertz CT molecular complexity index is 914. The van der Waals surface area contributed by atoms with E-state index in [0.29, 0.717) is 31.5 Å². The normalized spacial score (nSPS) is 22.0. The number of benzene rings is 1. The minimum atomic E-state index is -0.951. The Morgan fingerprint density at radius 3 is 2.77 bits per heavy atom. The Kier molecular flexibility index (Phi) is 3.95. The van der Waals surface area contributed by atoms with E-state index in [-0.39, 0.29) is 18.2 Å². The molecule has 1 aromatic heterocycles. The molecule has 136 valence electrons. The highest BCUT2D eigenvalue weighted by atomic mass is 32.1. The van der Waals surface area contributed by atoms with E-state index >= 15 is 0 Å². The van der Waals surface area contributed by atoms with E-state index in [4.69, 9.17) is 0 Å². The van der Waals surface area contributed by atoms with Crippen LogP contribution in [0, 0.1) is 12.8 Å². The third-order valence-corrected chi connectivity index (χ3v) is 6.38. The molecule has 1 aromatic carbocycles. The Labute approximate surface area is 154 Å². The Morgan fingerprint density at radius 2 is 2.08 bits per heavy atom. The SMILES string of the molecule is Cc1nc2cc(C(=O)N3CCC4(CC3)NC(=O)C[C@@H]4C(=O)O)ccc2s1. The van der Waals surface area contributed by atoms with Crippen LogP contribution in [0.4, 0.5) is 0 Å². The van der Waals surface area contributed by atoms with Crippen molar-refractivity contribution in [2.24, 2.45) is 5.92 Å². The van der Waals surface area contributed by atoms with E-state index in [0.717, 1.165) is 15.2 Å². The number of carbonyl (C=O) groups excluding carboxylic acids is 2. The molecule has 1 spiro atoms. The number of carbonyl (C=O) groups is 3. The standard InChI is InChI=1S/C18H19N3O4S/c1-10-19-13-8-11(2-3-14(13)26-10)16(23)21-6-4-18(5-7-21)12(17(24)25)9-15(22)20-18/h2-3,8,12H,4-7,9H2,1H3,(H,20,22)(H,24,25)/t12-/m1/s1. The first-order valence-corrected chi connectivity index (χ1v) is 9.40. The number of piperidine rings is 1. The molecule has 0 radical (unpaired) electrons. The molecule has 2 aliphatic rings. The minimum absolute atomic E-state index is 0.0170. The summed E-state index contributed by atoms with van der Waals surface area (Å²) >= 11 is 1.59. The van der Waals surface area contributed by atoms with Crippen LogP contribution in [0.15, 0.2) is 18.2 Å². The third-order valence-electron chi connectivity index (χ3n) is 5.43. The van der Waals surface area contributed by atoms with Crippen LogP contribution >= 0.6 is 11.3 Å². The van der Waals surface area contributed by atoms with Crippen molar-refractivity contribution in [1.82, 2.24) is 15.2 Å². The summed E-state index contributed by atoms with van der Waals surface area (Å²) < 4.78 is 1.05. The zero-order valence-electron chi connectivity index (χ0n) is 14.3. The molecule has 26 heavy (non-hydrogen) atoms. The predicted octanol–water partition coefficient (Wildman–Crippen LogP) is 1.80. The molecule has 2 amide bonds. The summed E-state index contributed by atoms with van der Waals surface area (Å²) in [7, 11) is 0. The molecule has 2 aliphatic heterocycles. The largest absolute Gasteiger partial charge is 0.481 e. The summed E-state index contributed by atoms with van der Waals surface area (Å²) in [6.07, 6.45) is 0.933. The van der Waals surface area contributed by atoms with Crippen molar-refractivity contribution >= 4 is 39.3 Å². The molecule has 2 fully saturated rings. The number of hydrogen-bond acceptors (Lipinski definition) is 5. The summed E-state index contributed by atoms with van der Waals surface area (Å²) in [6, 6.07) is 5.53. The van der Waals surface area contributed by atoms with Crippen LogP contribution in [0.25, 0.3) is 10.2 Å². The molecule has 0 aliphatic carbocycles. The molecule has 2 saturated heterocycles. The van der Waals surface area contributed by atoms with Gasteiger partial charge in [-0.25, -0.2) is 4.98 Å². The molecule has 1 atom stereocenters. The van der Waals surface area contributed by atoms with Crippen LogP contribution in [-0.4, -0.2) is 51.4 Å². The number of nitrogens with zero attached hydrogens (tertiary/aromatic N) is 2. The summed E-state index contributed by atoms with van der Waals surface area (Å²) in [5, 5.41) is 13.2. The van der Waals surface area contributed by atoms with Gasteiger partial charge in [-0.05, 0) is 38.0 Å². The topological polar surface area (TPSA) is 99.6 Å². The zero-order valence-corrected chi connectivity index (χ0v) is 15.1. The molecule has 0 bridgehead atoms. The van der Waals surface area contributed by atoms with Gasteiger partial charge in [0.2, 0.25) is 5.91 Å². The van der Waals surface area contributed by atoms with Gasteiger partial charge in [0.05, 0.1) is 26.7 Å². The molecule has 4 rings (SSSR count). The molecule has 7 nitrogen and oxygen atoms in total. The number of hydrogen-bond donors (Lipinski definition) is 2. The molecule has 2 N–H and O–H groups in total. The van der Waals surface area contributed by atoms with Gasteiger partial charge >= 0.3 is 5.97 Å². The molecule has 2 aromatic rings. The van der Waals surface area contributed by atoms with Gasteiger partial charge in [-0.3, -0.25) is 14.4 Å². The van der Waals surface area contributed by atoms with Gasteiger partial charge in [-0.1, -0.05) is 0 Å². The Hall–Kier alpha value is -2.48. The highest BCUT2D eigenvalue weighted by Crippen LogP contribution is 2.37. The van der Waals surface area contributed by atoms with E-state index in [2.05, 4.69) is 10.3 Å². The van der Waals surface area contributed by atoms with Gasteiger partial charge in [-0.2, -0.15) is 0 Å². The smallest absolute Gasteiger partial charge is 0.309 e. The van der Waals surface area contributed by atoms with Crippen molar-refractivity contribution in [1.29, 1.82) is 0 Å². The van der Waals surface area contributed by atoms with Gasteiger partial charge in [-0.15, -0.1) is 11.3 Å². The fourth-order valence-corrected chi connectivity index (χ4v) is 4.87. The number of fused-ring (bicyclic) bond motifs is 1. The molecular weight excluding hydrogens is 354 g/mol. The molecular formula is C18H19N3O4S. The summed E-state index contributed by atoms with van der Waals surface area (Å²) in [5.74, 6) is -1.97. The maximum absolute atomic E-state index is 12.8. The fourth-order valence-electron chi connectivity index (χ4n) is 4.06. The lowest BCUT2D eigenvalue weighted by Crippen LogP contribution is -2.56. The lowest BCUT2D eigenvalue weighted by molar-refractivity contribution is -0.144. The zero-order chi connectivity index (χ0) is 18.5. The summed E-state index contributed by atoms with van der Waals surface area (Å²) in [5.41, 5.74) is 0.681. The maximum Gasteiger partial charge on any atom is 0.309 e. The van der Waals surface area contributed by atoms with E-state index in [1.165, 1.54) is 0 Å². The Balaban J connectivity index is 1.51. The highest BCUT2D eigenvalue weighted by molar-refractivity contribution is 7.18. The van der Waals surface area contributed by atoms with Crippen molar-refractivity contribution in [3.05, 3.63) is 28.8 Å². The number of likely N-dealkylation sites (tertiary alicyclic amines) is 1. The molecule has 3 heterocycles. The highest BCUT2D eigenvalue weighted by Gasteiger charge is 2.52. The van der Waals surface area contributed by atoms with Crippen LogP contribution < -0.4 is 5.32 Å². The van der Waals surface area contributed by atoms with Crippen LogP contribution in [0.1, 0.15) is 34.6 Å². The summed E-state index contributed by atoms with van der Waals surface area (Å²) in [6.45, 7) is 2.79. The van der Waals surface area contributed by atoms with Crippen molar-refractivity contribution in [2.75, 3.05) is 13.1 Å². The second-order valence-electron chi connectivity index (χ2n) is 7.01. The van der Waals surface area contributed by atoms with Crippen molar-refractivity contribution in [2.45, 2.75) is 31.7 Å². The van der Waals surface area contributed by atoms with Gasteiger partial charge in [0, 0.05) is 25.1 Å². The van der Waals surface area contributed by atoms with E-state index < -0.39 is 17.4 Å². The first-order chi connectivity index (χ1) is 12.4. The number of carboxylic acid groups (broad SMARTS) is 1. The number of nitrogens with one attached hydrogen (secondary N) is 1. The number of carboxylic acids is 1. The fraction of sp³-hybridized carbons (Fsp3) is 0.444. The van der Waals surface area contributed by atoms with Crippen molar-refractivity contribution < 1.29 is 19.5 Å². The van der Waals surface area contributed by atoms with E-state index in [9.17, 15) is 19.5 Å². The molecule has 0 saturated carbocycles. The lowest BCUT2D eigenvalue weighted by Gasteiger charge is -2.41. The van der Waals surface area contributed by atoms with Crippen LogP contribution in [0.3, 0.4) is 0 Å². The molecule has 8 heteroatoms. The van der Waals surface area contributed by atoms with Crippen LogP contribution in [0.5, 0.6) is 0 Å². The van der Waals surface area contributed by atoms with E-state index in [1.54, 1.807) is 16.2 Å². The summed E-state index contributed by atoms with van der Waals surface area (Å²) in [4.78, 5) is 42.2. The van der Waals surface area contributed by atoms with Crippen LogP contribution in [0.2, 0.25) is 0 Å². The number of aryl methyl sites for hydroxylation is 1. The van der Waals surface area contributed by atoms with Crippen LogP contribution in [-0.2, 0) is 9.59 Å². The maximum atomic E-state index is 12.8.